The number of carbonyl (C=O) groups is 1. The molecular weight excluding hydrogens is 311 g/mol. The maximum atomic E-state index is 13.3. The van der Waals surface area contributed by atoms with E-state index >= 15 is 0 Å². The Bertz CT molecular complexity index is 641. The van der Waals surface area contributed by atoms with Gasteiger partial charge in [0.15, 0.2) is 0 Å². The molecule has 0 bridgehead atoms. The van der Waals surface area contributed by atoms with Gasteiger partial charge in [0.25, 0.3) is 0 Å². The van der Waals surface area contributed by atoms with Crippen LogP contribution >= 0.6 is 11.3 Å². The highest BCUT2D eigenvalue weighted by atomic mass is 32.1. The first-order chi connectivity index (χ1) is 11.1. The van der Waals surface area contributed by atoms with Gasteiger partial charge in [-0.1, -0.05) is 38.3 Å². The van der Waals surface area contributed by atoms with E-state index in [1.165, 1.54) is 36.3 Å². The Hall–Kier alpha value is -1.75. The van der Waals surface area contributed by atoms with Gasteiger partial charge in [-0.3, -0.25) is 4.79 Å². The van der Waals surface area contributed by atoms with E-state index in [0.29, 0.717) is 0 Å². The van der Waals surface area contributed by atoms with Crippen molar-refractivity contribution in [1.29, 1.82) is 0 Å². The van der Waals surface area contributed by atoms with Crippen molar-refractivity contribution in [1.82, 2.24) is 10.3 Å². The van der Waals surface area contributed by atoms with Gasteiger partial charge in [0, 0.05) is 17.0 Å². The molecule has 2 aromatic rings. The molecule has 0 aliphatic carbocycles. The van der Waals surface area contributed by atoms with Gasteiger partial charge in [-0.25, -0.2) is 9.37 Å². The van der Waals surface area contributed by atoms with Gasteiger partial charge in [0.05, 0.1) is 12.1 Å². The molecule has 1 aromatic heterocycles. The lowest BCUT2D eigenvalue weighted by Gasteiger charge is -2.12. The summed E-state index contributed by atoms with van der Waals surface area (Å²) in [7, 11) is 0. The van der Waals surface area contributed by atoms with Crippen molar-refractivity contribution in [2.24, 2.45) is 0 Å². The van der Waals surface area contributed by atoms with E-state index in [1.54, 1.807) is 6.07 Å². The Kier molecular flexibility index (Phi) is 6.71. The first-order valence-corrected chi connectivity index (χ1v) is 8.96. The van der Waals surface area contributed by atoms with E-state index in [-0.39, 0.29) is 24.2 Å². The number of hydrogen-bond acceptors (Lipinski definition) is 3. The second kappa shape index (κ2) is 8.77. The van der Waals surface area contributed by atoms with Gasteiger partial charge in [-0.15, -0.1) is 11.3 Å². The first kappa shape index (κ1) is 17.6. The highest BCUT2D eigenvalue weighted by Gasteiger charge is 2.11. The summed E-state index contributed by atoms with van der Waals surface area (Å²) in [4.78, 5) is 16.5. The summed E-state index contributed by atoms with van der Waals surface area (Å²) in [6.07, 6.45) is 4.79. The number of carbonyl (C=O) groups excluding carboxylic acids is 1. The molecule has 0 fully saturated rings. The van der Waals surface area contributed by atoms with E-state index in [4.69, 9.17) is 0 Å². The SMILES string of the molecule is CCCCC[C@H](C)NC(=O)Cc1csc(-c2cccc(F)c2)n1. The maximum absolute atomic E-state index is 13.3. The predicted molar refractivity (Wildman–Crippen MR) is 93.0 cm³/mol. The molecule has 1 amide bonds. The van der Waals surface area contributed by atoms with E-state index in [9.17, 15) is 9.18 Å². The van der Waals surface area contributed by atoms with Crippen molar-refractivity contribution in [3.63, 3.8) is 0 Å². The fraction of sp³-hybridized carbons (Fsp3) is 0.444. The third kappa shape index (κ3) is 5.75. The van der Waals surface area contributed by atoms with Crippen molar-refractivity contribution in [3.05, 3.63) is 41.2 Å². The predicted octanol–water partition coefficient (Wildman–Crippen LogP) is 4.58. The molecule has 124 valence electrons. The summed E-state index contributed by atoms with van der Waals surface area (Å²) in [5, 5.41) is 5.61. The average Bonchev–Trinajstić information content (AvgIpc) is 2.95. The minimum atomic E-state index is -0.280. The van der Waals surface area contributed by atoms with Crippen molar-refractivity contribution >= 4 is 17.2 Å². The van der Waals surface area contributed by atoms with Crippen LogP contribution in [-0.4, -0.2) is 16.9 Å². The number of nitrogens with one attached hydrogen (secondary N) is 1. The van der Waals surface area contributed by atoms with Crippen molar-refractivity contribution in [2.45, 2.75) is 52.0 Å². The smallest absolute Gasteiger partial charge is 0.226 e. The zero-order chi connectivity index (χ0) is 16.7. The quantitative estimate of drug-likeness (QED) is 0.718. The fourth-order valence-corrected chi connectivity index (χ4v) is 3.22. The summed E-state index contributed by atoms with van der Waals surface area (Å²) in [6.45, 7) is 4.20. The highest BCUT2D eigenvalue weighted by Crippen LogP contribution is 2.24. The van der Waals surface area contributed by atoms with Crippen molar-refractivity contribution < 1.29 is 9.18 Å². The third-order valence-corrected chi connectivity index (χ3v) is 4.55. The van der Waals surface area contributed by atoms with Crippen LogP contribution in [0.3, 0.4) is 0 Å². The van der Waals surface area contributed by atoms with E-state index in [1.807, 2.05) is 18.4 Å². The van der Waals surface area contributed by atoms with E-state index < -0.39 is 0 Å². The lowest BCUT2D eigenvalue weighted by molar-refractivity contribution is -0.121. The zero-order valence-corrected chi connectivity index (χ0v) is 14.5. The summed E-state index contributed by atoms with van der Waals surface area (Å²) in [6, 6.07) is 6.54. The Morgan fingerprint density at radius 3 is 2.96 bits per heavy atom. The molecule has 0 aliphatic heterocycles. The second-order valence-electron chi connectivity index (χ2n) is 5.80. The zero-order valence-electron chi connectivity index (χ0n) is 13.6. The van der Waals surface area contributed by atoms with Crippen LogP contribution in [0.2, 0.25) is 0 Å². The molecule has 2 rings (SSSR count). The van der Waals surface area contributed by atoms with Gasteiger partial charge in [-0.05, 0) is 25.5 Å². The van der Waals surface area contributed by atoms with Gasteiger partial charge < -0.3 is 5.32 Å². The molecule has 0 spiro atoms. The molecule has 1 heterocycles. The van der Waals surface area contributed by atoms with Crippen LogP contribution in [0.1, 0.15) is 45.2 Å². The summed E-state index contributed by atoms with van der Waals surface area (Å²) in [5.41, 5.74) is 1.47. The topological polar surface area (TPSA) is 42.0 Å². The number of nitrogens with zero attached hydrogens (tertiary/aromatic N) is 1. The summed E-state index contributed by atoms with van der Waals surface area (Å²) < 4.78 is 13.3. The first-order valence-electron chi connectivity index (χ1n) is 8.08. The summed E-state index contributed by atoms with van der Waals surface area (Å²) >= 11 is 1.43. The van der Waals surface area contributed by atoms with Crippen LogP contribution < -0.4 is 5.32 Å². The molecule has 3 nitrogen and oxygen atoms in total. The molecule has 0 unspecified atom stereocenters. The Balaban J connectivity index is 1.87. The van der Waals surface area contributed by atoms with Gasteiger partial charge in [0.2, 0.25) is 5.91 Å². The fourth-order valence-electron chi connectivity index (χ4n) is 2.41. The van der Waals surface area contributed by atoms with E-state index in [2.05, 4.69) is 17.2 Å². The molecule has 1 aromatic carbocycles. The average molecular weight is 334 g/mol. The number of aromatic nitrogens is 1. The number of benzene rings is 1. The van der Waals surface area contributed by atoms with Crippen molar-refractivity contribution in [3.8, 4) is 10.6 Å². The van der Waals surface area contributed by atoms with Gasteiger partial charge in [-0.2, -0.15) is 0 Å². The Morgan fingerprint density at radius 2 is 2.22 bits per heavy atom. The summed E-state index contributed by atoms with van der Waals surface area (Å²) in [5.74, 6) is -0.289. The van der Waals surface area contributed by atoms with E-state index in [0.717, 1.165) is 29.1 Å². The molecule has 1 N–H and O–H groups in total. The van der Waals surface area contributed by atoms with Crippen LogP contribution in [0.15, 0.2) is 29.6 Å². The lowest BCUT2D eigenvalue weighted by atomic mass is 10.1. The molecule has 0 saturated heterocycles. The van der Waals surface area contributed by atoms with Gasteiger partial charge >= 0.3 is 0 Å². The monoisotopic (exact) mass is 334 g/mol. The molecule has 1 atom stereocenters. The number of hydrogen-bond donors (Lipinski definition) is 1. The molecule has 23 heavy (non-hydrogen) atoms. The van der Waals surface area contributed by atoms with Gasteiger partial charge in [0.1, 0.15) is 10.8 Å². The third-order valence-electron chi connectivity index (χ3n) is 3.61. The number of rotatable bonds is 8. The minimum absolute atomic E-state index is 0.00918. The molecule has 0 aliphatic rings. The molecule has 0 saturated carbocycles. The highest BCUT2D eigenvalue weighted by molar-refractivity contribution is 7.13. The van der Waals surface area contributed by atoms with Crippen LogP contribution in [0, 0.1) is 5.82 Å². The van der Waals surface area contributed by atoms with Crippen LogP contribution in [0.25, 0.3) is 10.6 Å². The van der Waals surface area contributed by atoms with Crippen LogP contribution in [0.5, 0.6) is 0 Å². The Labute approximate surface area is 141 Å². The van der Waals surface area contributed by atoms with Crippen molar-refractivity contribution in [2.75, 3.05) is 0 Å². The van der Waals surface area contributed by atoms with Crippen LogP contribution in [-0.2, 0) is 11.2 Å². The lowest BCUT2D eigenvalue weighted by Crippen LogP contribution is -2.33. The maximum Gasteiger partial charge on any atom is 0.226 e. The molecule has 0 radical (unpaired) electrons. The minimum Gasteiger partial charge on any atom is -0.353 e. The number of halogens is 1. The normalized spacial score (nSPS) is 12.1. The number of unbranched alkanes of at least 4 members (excludes halogenated alkanes) is 2. The van der Waals surface area contributed by atoms with Crippen LogP contribution in [0.4, 0.5) is 4.39 Å². The number of amides is 1. The Morgan fingerprint density at radius 1 is 1.39 bits per heavy atom. The molecular formula is C18H23FN2OS. The molecule has 5 heteroatoms. The number of thiazole rings is 1. The largest absolute Gasteiger partial charge is 0.353 e. The standard InChI is InChI=1S/C18H23FN2OS/c1-3-4-5-7-13(2)20-17(22)11-16-12-23-18(21-16)14-8-6-9-15(19)10-14/h6,8-10,12-13H,3-5,7,11H2,1-2H3,(H,20,22)/t13-/m0/s1. The second-order valence-corrected chi connectivity index (χ2v) is 6.65.